The maximum absolute atomic E-state index is 11.5. The Hall–Kier alpha value is -1.97. The molecule has 1 unspecified atom stereocenters. The van der Waals surface area contributed by atoms with E-state index in [-0.39, 0.29) is 18.0 Å². The molecule has 0 bridgehead atoms. The van der Waals surface area contributed by atoms with Gasteiger partial charge < -0.3 is 10.4 Å². The molecule has 19 heavy (non-hydrogen) atoms. The molecule has 1 atom stereocenters. The van der Waals surface area contributed by atoms with Crippen LogP contribution in [-0.4, -0.2) is 58.4 Å². The van der Waals surface area contributed by atoms with Crippen LogP contribution in [0.15, 0.2) is 6.20 Å². The lowest BCUT2D eigenvalue weighted by molar-refractivity contribution is -0.122. The third-order valence-corrected chi connectivity index (χ3v) is 3.13. The van der Waals surface area contributed by atoms with Crippen molar-refractivity contribution in [3.63, 3.8) is 0 Å². The minimum atomic E-state index is -3.18. The summed E-state index contributed by atoms with van der Waals surface area (Å²) >= 11 is 0. The van der Waals surface area contributed by atoms with Crippen LogP contribution in [0.3, 0.4) is 0 Å². The van der Waals surface area contributed by atoms with Gasteiger partial charge in [0.25, 0.3) is 0 Å². The predicted molar refractivity (Wildman–Crippen MR) is 64.3 cm³/mol. The first-order valence-electron chi connectivity index (χ1n) is 5.28. The molecular weight excluding hydrogens is 276 g/mol. The number of carbonyl (C=O) groups excluding carboxylic acids is 1. The van der Waals surface area contributed by atoms with Gasteiger partial charge in [0.2, 0.25) is 5.91 Å². The van der Waals surface area contributed by atoms with Crippen LogP contribution in [0.5, 0.6) is 0 Å². The van der Waals surface area contributed by atoms with Crippen LogP contribution in [0.2, 0.25) is 0 Å². The fourth-order valence-corrected chi connectivity index (χ4v) is 2.43. The number of carboxylic acid groups (broad SMARTS) is 1. The van der Waals surface area contributed by atoms with E-state index >= 15 is 0 Å². The number of sulfone groups is 1. The largest absolute Gasteiger partial charge is 0.476 e. The number of carbonyl (C=O) groups is 2. The summed E-state index contributed by atoms with van der Waals surface area (Å²) in [5, 5.41) is 17.9. The van der Waals surface area contributed by atoms with Crippen LogP contribution >= 0.6 is 0 Å². The van der Waals surface area contributed by atoms with E-state index < -0.39 is 27.8 Å². The van der Waals surface area contributed by atoms with Gasteiger partial charge in [-0.3, -0.25) is 4.79 Å². The Morgan fingerprint density at radius 2 is 2.16 bits per heavy atom. The van der Waals surface area contributed by atoms with Gasteiger partial charge in [0.05, 0.1) is 11.9 Å². The number of carboxylic acids is 1. The minimum Gasteiger partial charge on any atom is -0.476 e. The molecule has 0 aromatic carbocycles. The first kappa shape index (κ1) is 15.1. The second-order valence-electron chi connectivity index (χ2n) is 4.17. The maximum atomic E-state index is 11.5. The lowest BCUT2D eigenvalue weighted by Gasteiger charge is -2.12. The van der Waals surface area contributed by atoms with Crippen molar-refractivity contribution in [2.45, 2.75) is 19.5 Å². The Labute approximate surface area is 109 Å². The number of hydrogen-bond donors (Lipinski definition) is 2. The molecule has 1 heterocycles. The Kier molecular flexibility index (Phi) is 4.59. The molecule has 0 saturated heterocycles. The molecule has 0 aliphatic heterocycles. The van der Waals surface area contributed by atoms with Crippen molar-refractivity contribution in [1.29, 1.82) is 0 Å². The van der Waals surface area contributed by atoms with Crippen LogP contribution in [0.1, 0.15) is 17.4 Å². The average Bonchev–Trinajstić information content (AvgIpc) is 2.62. The van der Waals surface area contributed by atoms with Crippen molar-refractivity contribution in [1.82, 2.24) is 20.3 Å². The maximum Gasteiger partial charge on any atom is 0.358 e. The Balaban J connectivity index is 2.53. The number of nitrogens with zero attached hydrogens (tertiary/aromatic N) is 3. The zero-order valence-electron chi connectivity index (χ0n) is 10.4. The number of rotatable bonds is 6. The summed E-state index contributed by atoms with van der Waals surface area (Å²) in [5.41, 5.74) is -0.267. The summed E-state index contributed by atoms with van der Waals surface area (Å²) < 4.78 is 23.1. The van der Waals surface area contributed by atoms with E-state index in [9.17, 15) is 18.0 Å². The van der Waals surface area contributed by atoms with Crippen molar-refractivity contribution < 1.29 is 23.1 Å². The average molecular weight is 290 g/mol. The second-order valence-corrected chi connectivity index (χ2v) is 6.35. The summed E-state index contributed by atoms with van der Waals surface area (Å²) in [4.78, 5) is 22.1. The van der Waals surface area contributed by atoms with Gasteiger partial charge in [-0.05, 0) is 6.92 Å². The topological polar surface area (TPSA) is 131 Å². The summed E-state index contributed by atoms with van der Waals surface area (Å²) in [6.45, 7) is 1.33. The molecule has 9 nitrogen and oxygen atoms in total. The quantitative estimate of drug-likeness (QED) is 0.653. The second kappa shape index (κ2) is 5.78. The van der Waals surface area contributed by atoms with Crippen molar-refractivity contribution in [3.05, 3.63) is 11.9 Å². The molecule has 1 aromatic rings. The fourth-order valence-electron chi connectivity index (χ4n) is 1.44. The SMILES string of the molecule is CC(CS(C)(=O)=O)NC(=O)Cn1cc(C(=O)O)nn1. The Bertz CT molecular complexity index is 579. The molecule has 1 amide bonds. The monoisotopic (exact) mass is 290 g/mol. The molecule has 0 saturated carbocycles. The van der Waals surface area contributed by atoms with Gasteiger partial charge in [-0.2, -0.15) is 0 Å². The molecule has 1 rings (SSSR count). The zero-order chi connectivity index (χ0) is 14.6. The lowest BCUT2D eigenvalue weighted by Crippen LogP contribution is -2.39. The third-order valence-electron chi connectivity index (χ3n) is 2.02. The van der Waals surface area contributed by atoms with Crippen molar-refractivity contribution in [2.24, 2.45) is 0 Å². The number of amides is 1. The van der Waals surface area contributed by atoms with E-state index in [0.29, 0.717) is 0 Å². The molecule has 0 fully saturated rings. The highest BCUT2D eigenvalue weighted by atomic mass is 32.2. The van der Waals surface area contributed by atoms with Crippen molar-refractivity contribution in [2.75, 3.05) is 12.0 Å². The van der Waals surface area contributed by atoms with Crippen LogP contribution in [0.4, 0.5) is 0 Å². The van der Waals surface area contributed by atoms with Gasteiger partial charge in [-0.15, -0.1) is 5.10 Å². The number of hydrogen-bond acceptors (Lipinski definition) is 6. The van der Waals surface area contributed by atoms with Crippen molar-refractivity contribution in [3.8, 4) is 0 Å². The molecule has 0 aliphatic carbocycles. The Morgan fingerprint density at radius 3 is 2.63 bits per heavy atom. The minimum absolute atomic E-state index is 0.170. The smallest absolute Gasteiger partial charge is 0.358 e. The van der Waals surface area contributed by atoms with E-state index in [2.05, 4.69) is 15.6 Å². The van der Waals surface area contributed by atoms with Crippen LogP contribution in [0.25, 0.3) is 0 Å². The van der Waals surface area contributed by atoms with Gasteiger partial charge >= 0.3 is 5.97 Å². The first-order chi connectivity index (χ1) is 8.67. The molecule has 0 radical (unpaired) electrons. The highest BCUT2D eigenvalue weighted by molar-refractivity contribution is 7.90. The summed E-state index contributed by atoms with van der Waals surface area (Å²) in [6.07, 6.45) is 2.19. The van der Waals surface area contributed by atoms with Gasteiger partial charge in [0.1, 0.15) is 16.4 Å². The molecular formula is C9H14N4O5S. The normalized spacial score (nSPS) is 12.9. The lowest BCUT2D eigenvalue weighted by atomic mass is 10.4. The standard InChI is InChI=1S/C9H14N4O5S/c1-6(5-19(2,17)18)10-8(14)4-13-3-7(9(15)16)11-12-13/h3,6H,4-5H2,1-2H3,(H,10,14)(H,15,16). The molecule has 0 spiro atoms. The predicted octanol–water partition coefficient (Wildman–Crippen LogP) is -1.47. The first-order valence-corrected chi connectivity index (χ1v) is 7.34. The van der Waals surface area contributed by atoms with E-state index in [1.54, 1.807) is 6.92 Å². The van der Waals surface area contributed by atoms with Crippen molar-refractivity contribution >= 4 is 21.7 Å². The number of aromatic nitrogens is 3. The van der Waals surface area contributed by atoms with Gasteiger partial charge in [0, 0.05) is 12.3 Å². The highest BCUT2D eigenvalue weighted by Crippen LogP contribution is 1.94. The molecule has 2 N–H and O–H groups in total. The van der Waals surface area contributed by atoms with Gasteiger partial charge in [-0.25, -0.2) is 17.9 Å². The highest BCUT2D eigenvalue weighted by Gasteiger charge is 2.15. The summed E-state index contributed by atoms with van der Waals surface area (Å²) in [7, 11) is -3.18. The molecule has 0 aliphatic rings. The fraction of sp³-hybridized carbons (Fsp3) is 0.556. The number of aromatic carboxylic acids is 1. The van der Waals surface area contributed by atoms with Gasteiger partial charge in [-0.1, -0.05) is 5.21 Å². The summed E-state index contributed by atoms with van der Waals surface area (Å²) in [6, 6.07) is -0.537. The van der Waals surface area contributed by atoms with Crippen LogP contribution in [-0.2, 0) is 21.2 Å². The summed E-state index contributed by atoms with van der Waals surface area (Å²) in [5.74, 6) is -1.88. The zero-order valence-corrected chi connectivity index (χ0v) is 11.2. The van der Waals surface area contributed by atoms with Crippen LogP contribution in [0, 0.1) is 0 Å². The number of nitrogens with one attached hydrogen (secondary N) is 1. The van der Waals surface area contributed by atoms with E-state index in [1.165, 1.54) is 0 Å². The molecule has 1 aromatic heterocycles. The van der Waals surface area contributed by atoms with E-state index in [0.717, 1.165) is 17.1 Å². The van der Waals surface area contributed by atoms with Crippen LogP contribution < -0.4 is 5.32 Å². The van der Waals surface area contributed by atoms with E-state index in [1.807, 2.05) is 0 Å². The third kappa shape index (κ3) is 5.46. The molecule has 106 valence electrons. The van der Waals surface area contributed by atoms with E-state index in [4.69, 9.17) is 5.11 Å². The molecule has 10 heteroatoms. The van der Waals surface area contributed by atoms with Gasteiger partial charge in [0.15, 0.2) is 5.69 Å². The Morgan fingerprint density at radius 1 is 1.53 bits per heavy atom.